The number of carbonyl (C=O) groups excluding carboxylic acids is 3. The third kappa shape index (κ3) is 3.03. The van der Waals surface area contributed by atoms with Gasteiger partial charge in [0.15, 0.2) is 11.6 Å². The Morgan fingerprint density at radius 2 is 1.79 bits per heavy atom. The third-order valence-corrected chi connectivity index (χ3v) is 4.05. The molecule has 1 aromatic carbocycles. The highest BCUT2D eigenvalue weighted by Gasteiger charge is 2.22. The molecule has 6 heteroatoms. The highest BCUT2D eigenvalue weighted by atomic mass is 16.2. The lowest BCUT2D eigenvalue weighted by molar-refractivity contribution is 0.0970. The van der Waals surface area contributed by atoms with Gasteiger partial charge in [0, 0.05) is 28.9 Å². The average Bonchev–Trinajstić information content (AvgIpc) is 2.55. The molecule has 0 radical (unpaired) electrons. The first kappa shape index (κ1) is 15.9. The second-order valence-corrected chi connectivity index (χ2v) is 5.77. The van der Waals surface area contributed by atoms with Gasteiger partial charge in [0.25, 0.3) is 11.5 Å². The largest absolute Gasteiger partial charge is 0.325 e. The highest BCUT2D eigenvalue weighted by molar-refractivity contribution is 6.06. The van der Waals surface area contributed by atoms with Crippen molar-refractivity contribution in [3.8, 4) is 0 Å². The minimum atomic E-state index is -0.590. The number of aromatic nitrogens is 1. The SMILES string of the molecule is CC(=O)c1ccc(NC(=O)c2cc3c([nH]c2=O)CCCC3=O)cc1. The van der Waals surface area contributed by atoms with Gasteiger partial charge in [-0.1, -0.05) is 0 Å². The van der Waals surface area contributed by atoms with Gasteiger partial charge in [0.1, 0.15) is 5.56 Å². The van der Waals surface area contributed by atoms with Crippen molar-refractivity contribution in [2.24, 2.45) is 0 Å². The van der Waals surface area contributed by atoms with Gasteiger partial charge in [-0.3, -0.25) is 19.2 Å². The summed E-state index contributed by atoms with van der Waals surface area (Å²) >= 11 is 0. The summed E-state index contributed by atoms with van der Waals surface area (Å²) in [5, 5.41) is 2.61. The number of hydrogen-bond acceptors (Lipinski definition) is 4. The summed E-state index contributed by atoms with van der Waals surface area (Å²) in [6.07, 6.45) is 1.76. The summed E-state index contributed by atoms with van der Waals surface area (Å²) in [6, 6.07) is 7.74. The van der Waals surface area contributed by atoms with Gasteiger partial charge in [0.2, 0.25) is 0 Å². The van der Waals surface area contributed by atoms with Crippen LogP contribution in [0.4, 0.5) is 5.69 Å². The van der Waals surface area contributed by atoms with Crippen molar-refractivity contribution in [1.29, 1.82) is 0 Å². The molecular weight excluding hydrogens is 308 g/mol. The monoisotopic (exact) mass is 324 g/mol. The van der Waals surface area contributed by atoms with Crippen LogP contribution in [0.25, 0.3) is 0 Å². The van der Waals surface area contributed by atoms with Gasteiger partial charge >= 0.3 is 0 Å². The normalized spacial score (nSPS) is 13.3. The average molecular weight is 324 g/mol. The molecule has 3 rings (SSSR count). The van der Waals surface area contributed by atoms with Gasteiger partial charge in [0.05, 0.1) is 0 Å². The molecule has 2 aromatic rings. The molecular formula is C18H16N2O4. The highest BCUT2D eigenvalue weighted by Crippen LogP contribution is 2.19. The standard InChI is InChI=1S/C18H16N2O4/c1-10(21)11-5-7-12(8-6-11)19-17(23)14-9-13-15(20-18(14)24)3-2-4-16(13)22/h5-9H,2-4H2,1H3,(H,19,23)(H,20,24). The van der Waals surface area contributed by atoms with Crippen molar-refractivity contribution in [2.45, 2.75) is 26.2 Å². The zero-order valence-corrected chi connectivity index (χ0v) is 13.1. The first-order valence-corrected chi connectivity index (χ1v) is 7.67. The van der Waals surface area contributed by atoms with E-state index in [-0.39, 0.29) is 17.1 Å². The Morgan fingerprint density at radius 3 is 2.46 bits per heavy atom. The Hall–Kier alpha value is -3.02. The van der Waals surface area contributed by atoms with Crippen LogP contribution in [0.5, 0.6) is 0 Å². The van der Waals surface area contributed by atoms with E-state index in [9.17, 15) is 19.2 Å². The van der Waals surface area contributed by atoms with Gasteiger partial charge in [-0.25, -0.2) is 0 Å². The van der Waals surface area contributed by atoms with E-state index in [4.69, 9.17) is 0 Å². The molecule has 24 heavy (non-hydrogen) atoms. The van der Waals surface area contributed by atoms with E-state index in [1.807, 2.05) is 0 Å². The lowest BCUT2D eigenvalue weighted by Crippen LogP contribution is -2.27. The molecule has 2 N–H and O–H groups in total. The fourth-order valence-electron chi connectivity index (χ4n) is 2.73. The maximum atomic E-state index is 12.3. The van der Waals surface area contributed by atoms with Crippen molar-refractivity contribution < 1.29 is 14.4 Å². The van der Waals surface area contributed by atoms with Gasteiger partial charge in [-0.15, -0.1) is 0 Å². The number of rotatable bonds is 3. The van der Waals surface area contributed by atoms with Crippen LogP contribution in [0.2, 0.25) is 0 Å². The van der Waals surface area contributed by atoms with Crippen LogP contribution in [-0.4, -0.2) is 22.5 Å². The summed E-state index contributed by atoms with van der Waals surface area (Å²) < 4.78 is 0. The molecule has 1 heterocycles. The summed E-state index contributed by atoms with van der Waals surface area (Å²) in [6.45, 7) is 1.46. The number of amides is 1. The molecule has 1 aromatic heterocycles. The maximum absolute atomic E-state index is 12.3. The van der Waals surface area contributed by atoms with Gasteiger partial charge < -0.3 is 10.3 Å². The van der Waals surface area contributed by atoms with E-state index in [2.05, 4.69) is 10.3 Å². The van der Waals surface area contributed by atoms with Crippen LogP contribution >= 0.6 is 0 Å². The van der Waals surface area contributed by atoms with Crippen LogP contribution < -0.4 is 10.9 Å². The summed E-state index contributed by atoms with van der Waals surface area (Å²) in [7, 11) is 0. The number of ketones is 2. The van der Waals surface area contributed by atoms with Crippen LogP contribution in [0.15, 0.2) is 35.1 Å². The molecule has 0 aliphatic heterocycles. The Bertz CT molecular complexity index is 894. The van der Waals surface area contributed by atoms with Crippen molar-refractivity contribution >= 4 is 23.2 Å². The topological polar surface area (TPSA) is 96.1 Å². The van der Waals surface area contributed by atoms with Crippen molar-refractivity contribution in [1.82, 2.24) is 4.98 Å². The Morgan fingerprint density at radius 1 is 1.08 bits per heavy atom. The predicted octanol–water partition coefficient (Wildman–Crippen LogP) is 2.35. The second kappa shape index (κ2) is 6.23. The number of fused-ring (bicyclic) bond motifs is 1. The zero-order chi connectivity index (χ0) is 17.3. The number of hydrogen-bond donors (Lipinski definition) is 2. The van der Waals surface area contributed by atoms with Crippen molar-refractivity contribution in [3.05, 3.63) is 63.1 Å². The molecule has 122 valence electrons. The summed E-state index contributed by atoms with van der Waals surface area (Å²) in [5.41, 5.74) is 1.40. The molecule has 1 aliphatic carbocycles. The first-order chi connectivity index (χ1) is 11.5. The number of aryl methyl sites for hydroxylation is 1. The van der Waals surface area contributed by atoms with Gasteiger partial charge in [-0.2, -0.15) is 0 Å². The molecule has 6 nitrogen and oxygen atoms in total. The van der Waals surface area contributed by atoms with Crippen LogP contribution in [0.1, 0.15) is 56.5 Å². The second-order valence-electron chi connectivity index (χ2n) is 5.77. The number of benzene rings is 1. The Balaban J connectivity index is 1.87. The molecule has 0 unspecified atom stereocenters. The van der Waals surface area contributed by atoms with E-state index < -0.39 is 11.5 Å². The lowest BCUT2D eigenvalue weighted by Gasteiger charge is -2.15. The third-order valence-electron chi connectivity index (χ3n) is 4.05. The maximum Gasteiger partial charge on any atom is 0.261 e. The molecule has 0 saturated carbocycles. The van der Waals surface area contributed by atoms with Crippen LogP contribution in [0.3, 0.4) is 0 Å². The predicted molar refractivity (Wildman–Crippen MR) is 88.7 cm³/mol. The molecule has 0 saturated heterocycles. The smallest absolute Gasteiger partial charge is 0.261 e. The zero-order valence-electron chi connectivity index (χ0n) is 13.1. The molecule has 0 atom stereocenters. The minimum Gasteiger partial charge on any atom is -0.325 e. The number of pyridine rings is 1. The van der Waals surface area contributed by atoms with E-state index in [1.165, 1.54) is 13.0 Å². The lowest BCUT2D eigenvalue weighted by atomic mass is 9.93. The summed E-state index contributed by atoms with van der Waals surface area (Å²) in [4.78, 5) is 50.3. The Kier molecular flexibility index (Phi) is 4.12. The number of aromatic amines is 1. The fourth-order valence-corrected chi connectivity index (χ4v) is 2.73. The van der Waals surface area contributed by atoms with E-state index >= 15 is 0 Å². The number of carbonyl (C=O) groups is 3. The molecule has 0 bridgehead atoms. The fraction of sp³-hybridized carbons (Fsp3) is 0.222. The van der Waals surface area contributed by atoms with Crippen LogP contribution in [-0.2, 0) is 6.42 Å². The molecule has 1 aliphatic rings. The first-order valence-electron chi connectivity index (χ1n) is 7.67. The Labute approximate surface area is 137 Å². The van der Waals surface area contributed by atoms with E-state index in [1.54, 1.807) is 24.3 Å². The van der Waals surface area contributed by atoms with Gasteiger partial charge in [-0.05, 0) is 50.1 Å². The van der Waals surface area contributed by atoms with Crippen molar-refractivity contribution in [3.63, 3.8) is 0 Å². The molecule has 1 amide bonds. The minimum absolute atomic E-state index is 0.0626. The number of H-pyrrole nitrogens is 1. The molecule has 0 spiro atoms. The number of nitrogens with one attached hydrogen (secondary N) is 2. The number of Topliss-reactive ketones (excluding diaryl/α,β-unsaturated/α-hetero) is 2. The quantitative estimate of drug-likeness (QED) is 0.847. The van der Waals surface area contributed by atoms with Crippen molar-refractivity contribution in [2.75, 3.05) is 5.32 Å². The summed E-state index contributed by atoms with van der Waals surface area (Å²) in [5.74, 6) is -0.724. The number of anilines is 1. The van der Waals surface area contributed by atoms with E-state index in [0.29, 0.717) is 41.8 Å². The molecule has 0 fully saturated rings. The van der Waals surface area contributed by atoms with Crippen LogP contribution in [0, 0.1) is 0 Å². The van der Waals surface area contributed by atoms with E-state index in [0.717, 1.165) is 0 Å².